The second-order valence-electron chi connectivity index (χ2n) is 4.40. The fraction of sp³-hybridized carbons (Fsp3) is 0.286. The Balaban J connectivity index is 2.19. The average Bonchev–Trinajstić information content (AvgIpc) is 2.45. The Bertz CT molecular complexity index is 579. The summed E-state index contributed by atoms with van der Waals surface area (Å²) in [6.07, 6.45) is 1.67. The molecule has 1 aromatic rings. The molecule has 1 aliphatic rings. The molecule has 1 heterocycles. The third-order valence-corrected chi connectivity index (χ3v) is 2.94. The average molecular weight is 277 g/mol. The number of aliphatic carboxylic acids is 1. The van der Waals surface area contributed by atoms with E-state index in [2.05, 4.69) is 5.32 Å². The summed E-state index contributed by atoms with van der Waals surface area (Å²) in [6, 6.07) is 4.33. The fourth-order valence-corrected chi connectivity index (χ4v) is 1.76. The summed E-state index contributed by atoms with van der Waals surface area (Å²) in [5, 5.41) is 11.2. The number of fused-ring (bicyclic) bond motifs is 1. The van der Waals surface area contributed by atoms with Crippen molar-refractivity contribution in [2.24, 2.45) is 0 Å². The molecule has 0 saturated carbocycles. The molecule has 1 aromatic carbocycles. The van der Waals surface area contributed by atoms with Crippen LogP contribution in [0.4, 0.5) is 0 Å². The Kier molecular flexibility index (Phi) is 3.93. The molecule has 6 nitrogen and oxygen atoms in total. The Hall–Kier alpha value is -2.50. The number of hydrogen-bond donors (Lipinski definition) is 2. The van der Waals surface area contributed by atoms with Crippen LogP contribution >= 0.6 is 0 Å². The third-order valence-electron chi connectivity index (χ3n) is 2.94. The molecule has 6 heteroatoms. The second-order valence-corrected chi connectivity index (χ2v) is 4.40. The molecule has 1 unspecified atom stereocenters. The Morgan fingerprint density at radius 1 is 1.45 bits per heavy atom. The van der Waals surface area contributed by atoms with E-state index in [1.54, 1.807) is 31.4 Å². The molecule has 1 atom stereocenters. The van der Waals surface area contributed by atoms with Gasteiger partial charge in [0.1, 0.15) is 24.1 Å². The van der Waals surface area contributed by atoms with E-state index in [0.29, 0.717) is 17.1 Å². The lowest BCUT2D eigenvalue weighted by molar-refractivity contribution is -0.140. The number of carboxylic acids is 1. The van der Waals surface area contributed by atoms with Gasteiger partial charge in [-0.3, -0.25) is 9.59 Å². The van der Waals surface area contributed by atoms with E-state index in [1.165, 1.54) is 6.92 Å². The van der Waals surface area contributed by atoms with Crippen LogP contribution in [0.5, 0.6) is 11.5 Å². The number of methoxy groups -OCH3 is 1. The number of ether oxygens (including phenoxy) is 2. The fourth-order valence-electron chi connectivity index (χ4n) is 1.76. The van der Waals surface area contributed by atoms with Crippen molar-refractivity contribution in [1.29, 1.82) is 0 Å². The van der Waals surface area contributed by atoms with Crippen molar-refractivity contribution >= 4 is 18.0 Å². The van der Waals surface area contributed by atoms with Gasteiger partial charge in [-0.25, -0.2) is 0 Å². The van der Waals surface area contributed by atoms with Crippen LogP contribution in [0, 0.1) is 0 Å². The lowest BCUT2D eigenvalue weighted by Crippen LogP contribution is -2.40. The van der Waals surface area contributed by atoms with Crippen molar-refractivity contribution in [3.05, 3.63) is 29.3 Å². The van der Waals surface area contributed by atoms with Crippen LogP contribution in [-0.2, 0) is 9.59 Å². The lowest BCUT2D eigenvalue weighted by atomic mass is 10.1. The van der Waals surface area contributed by atoms with Crippen molar-refractivity contribution in [3.8, 4) is 11.5 Å². The molecular weight excluding hydrogens is 262 g/mol. The number of hydrogen-bond acceptors (Lipinski definition) is 4. The van der Waals surface area contributed by atoms with E-state index in [4.69, 9.17) is 14.6 Å². The monoisotopic (exact) mass is 277 g/mol. The van der Waals surface area contributed by atoms with E-state index < -0.39 is 17.9 Å². The summed E-state index contributed by atoms with van der Waals surface area (Å²) in [7, 11) is 1.55. The predicted octanol–water partition coefficient (Wildman–Crippen LogP) is 1.06. The highest BCUT2D eigenvalue weighted by Gasteiger charge is 2.21. The van der Waals surface area contributed by atoms with Crippen molar-refractivity contribution in [2.75, 3.05) is 13.7 Å². The van der Waals surface area contributed by atoms with E-state index >= 15 is 0 Å². The van der Waals surface area contributed by atoms with Gasteiger partial charge >= 0.3 is 5.97 Å². The molecule has 0 bridgehead atoms. The first kappa shape index (κ1) is 13.9. The third kappa shape index (κ3) is 2.90. The van der Waals surface area contributed by atoms with Gasteiger partial charge < -0.3 is 19.9 Å². The highest BCUT2D eigenvalue weighted by atomic mass is 16.5. The quantitative estimate of drug-likeness (QED) is 0.859. The van der Waals surface area contributed by atoms with Crippen LogP contribution in [0.25, 0.3) is 6.08 Å². The van der Waals surface area contributed by atoms with Crippen molar-refractivity contribution in [2.45, 2.75) is 13.0 Å². The van der Waals surface area contributed by atoms with Crippen molar-refractivity contribution in [3.63, 3.8) is 0 Å². The van der Waals surface area contributed by atoms with Gasteiger partial charge in [-0.15, -0.1) is 0 Å². The number of benzene rings is 1. The maximum absolute atomic E-state index is 11.9. The zero-order valence-electron chi connectivity index (χ0n) is 11.2. The maximum Gasteiger partial charge on any atom is 0.325 e. The van der Waals surface area contributed by atoms with Crippen LogP contribution in [0.2, 0.25) is 0 Å². The van der Waals surface area contributed by atoms with Crippen LogP contribution in [0.1, 0.15) is 12.5 Å². The van der Waals surface area contributed by atoms with E-state index in [9.17, 15) is 9.59 Å². The first-order valence-electron chi connectivity index (χ1n) is 6.06. The van der Waals surface area contributed by atoms with Gasteiger partial charge in [-0.1, -0.05) is 0 Å². The molecule has 0 fully saturated rings. The molecule has 0 aliphatic carbocycles. The minimum atomic E-state index is -1.09. The molecule has 20 heavy (non-hydrogen) atoms. The molecule has 0 radical (unpaired) electrons. The molecule has 0 saturated heterocycles. The van der Waals surface area contributed by atoms with Gasteiger partial charge in [0.05, 0.1) is 12.7 Å². The van der Waals surface area contributed by atoms with Gasteiger partial charge in [0.2, 0.25) is 0 Å². The first-order valence-corrected chi connectivity index (χ1v) is 6.06. The summed E-state index contributed by atoms with van der Waals surface area (Å²) in [5.74, 6) is -0.219. The number of rotatable bonds is 4. The Morgan fingerprint density at radius 3 is 2.85 bits per heavy atom. The highest BCUT2D eigenvalue weighted by molar-refractivity contribution is 6.00. The summed E-state index contributed by atoms with van der Waals surface area (Å²) in [4.78, 5) is 22.6. The Morgan fingerprint density at radius 2 is 2.20 bits per heavy atom. The minimum absolute atomic E-state index is 0.109. The second kappa shape index (κ2) is 5.64. The topological polar surface area (TPSA) is 84.9 Å². The Labute approximate surface area is 116 Å². The molecule has 2 N–H and O–H groups in total. The summed E-state index contributed by atoms with van der Waals surface area (Å²) in [6.45, 7) is 1.51. The SMILES string of the molecule is COc1ccc2c(c1)C=C(C(=O)NC(C)C(=O)O)CO2. The van der Waals surface area contributed by atoms with Crippen LogP contribution < -0.4 is 14.8 Å². The zero-order chi connectivity index (χ0) is 14.7. The number of amides is 1. The summed E-state index contributed by atoms with van der Waals surface area (Å²) in [5.41, 5.74) is 1.10. The number of nitrogens with one attached hydrogen (secondary N) is 1. The molecule has 0 aromatic heterocycles. The zero-order valence-corrected chi connectivity index (χ0v) is 11.2. The number of carbonyl (C=O) groups is 2. The van der Waals surface area contributed by atoms with Crippen molar-refractivity contribution in [1.82, 2.24) is 5.32 Å². The molecular formula is C14H15NO5. The predicted molar refractivity (Wildman–Crippen MR) is 71.7 cm³/mol. The smallest absolute Gasteiger partial charge is 0.325 e. The number of carbonyl (C=O) groups excluding carboxylic acids is 1. The largest absolute Gasteiger partial charge is 0.497 e. The minimum Gasteiger partial charge on any atom is -0.497 e. The molecule has 2 rings (SSSR count). The van der Waals surface area contributed by atoms with Crippen LogP contribution in [-0.4, -0.2) is 36.7 Å². The van der Waals surface area contributed by atoms with Gasteiger partial charge in [-0.05, 0) is 31.2 Å². The van der Waals surface area contributed by atoms with Gasteiger partial charge in [0.25, 0.3) is 5.91 Å². The van der Waals surface area contributed by atoms with Gasteiger partial charge in [-0.2, -0.15) is 0 Å². The molecule has 0 spiro atoms. The normalized spacial score (nSPS) is 14.4. The molecule has 1 aliphatic heterocycles. The van der Waals surface area contributed by atoms with E-state index in [0.717, 1.165) is 5.56 Å². The van der Waals surface area contributed by atoms with Gasteiger partial charge in [0.15, 0.2) is 0 Å². The van der Waals surface area contributed by atoms with Crippen LogP contribution in [0.3, 0.4) is 0 Å². The molecule has 106 valence electrons. The maximum atomic E-state index is 11.9. The van der Waals surface area contributed by atoms with E-state index in [-0.39, 0.29) is 6.61 Å². The summed E-state index contributed by atoms with van der Waals surface area (Å²) >= 11 is 0. The molecule has 1 amide bonds. The highest BCUT2D eigenvalue weighted by Crippen LogP contribution is 2.29. The number of carboxylic acid groups (broad SMARTS) is 1. The van der Waals surface area contributed by atoms with Crippen molar-refractivity contribution < 1.29 is 24.2 Å². The van der Waals surface area contributed by atoms with Crippen LogP contribution in [0.15, 0.2) is 23.8 Å². The first-order chi connectivity index (χ1) is 9.51. The summed E-state index contributed by atoms with van der Waals surface area (Å²) < 4.78 is 10.6. The standard InChI is InChI=1S/C14H15NO5/c1-8(14(17)18)15-13(16)10-5-9-6-11(19-2)3-4-12(9)20-7-10/h3-6,8H,7H2,1-2H3,(H,15,16)(H,17,18). The van der Waals surface area contributed by atoms with E-state index in [1.807, 2.05) is 0 Å². The lowest BCUT2D eigenvalue weighted by Gasteiger charge is -2.19. The van der Waals surface area contributed by atoms with Gasteiger partial charge in [0, 0.05) is 5.56 Å².